The first-order chi connectivity index (χ1) is 8.87. The molecule has 1 unspecified atom stereocenters. The van der Waals surface area contributed by atoms with Crippen LogP contribution in [0.1, 0.15) is 6.92 Å². The average molecular weight is 336 g/mol. The van der Waals surface area contributed by atoms with E-state index >= 15 is 0 Å². The fraction of sp³-hybridized carbons (Fsp3) is 1.00. The zero-order valence-electron chi connectivity index (χ0n) is 12.1. The van der Waals surface area contributed by atoms with E-state index in [4.69, 9.17) is 0 Å². The van der Waals surface area contributed by atoms with E-state index in [-0.39, 0.29) is 13.2 Å². The van der Waals surface area contributed by atoms with Crippen LogP contribution in [-0.4, -0.2) is 71.2 Å². The smallest absolute Gasteiger partial charge is 0.374 e. The van der Waals surface area contributed by atoms with Crippen molar-refractivity contribution in [1.29, 1.82) is 0 Å². The number of likely N-dealkylation sites (N-methyl/N-ethyl adjacent to an activating group) is 2. The topological polar surface area (TPSA) is 96.0 Å². The normalized spacial score (nSPS) is 16.4. The summed E-state index contributed by atoms with van der Waals surface area (Å²) in [4.78, 5) is 11.4. The van der Waals surface area contributed by atoms with Crippen molar-refractivity contribution in [2.75, 3.05) is 54.0 Å². The second kappa shape index (κ2) is 7.79. The van der Waals surface area contributed by atoms with Crippen LogP contribution in [0.5, 0.6) is 0 Å². The highest BCUT2D eigenvalue weighted by Crippen LogP contribution is 2.37. The quantitative estimate of drug-likeness (QED) is 0.310. The Hall–Kier alpha value is -0.0900. The van der Waals surface area contributed by atoms with Gasteiger partial charge in [0.05, 0.1) is 27.7 Å². The van der Waals surface area contributed by atoms with Crippen LogP contribution in [0.3, 0.4) is 0 Å². The van der Waals surface area contributed by atoms with E-state index < -0.39 is 31.4 Å². The van der Waals surface area contributed by atoms with Gasteiger partial charge in [-0.1, -0.05) is 10.8 Å². The lowest BCUT2D eigenvalue weighted by Crippen LogP contribution is -2.37. The van der Waals surface area contributed by atoms with Crippen LogP contribution in [0.15, 0.2) is 0 Å². The Morgan fingerprint density at radius 1 is 1.25 bits per heavy atom. The van der Waals surface area contributed by atoms with Crippen molar-refractivity contribution in [3.8, 4) is 0 Å². The third-order valence-corrected chi connectivity index (χ3v) is 4.32. The lowest BCUT2D eigenvalue weighted by molar-refractivity contribution is -0.870. The molecule has 0 aliphatic carbocycles. The minimum absolute atomic E-state index is 0.0524. The molecule has 20 heavy (non-hydrogen) atoms. The lowest BCUT2D eigenvalue weighted by atomic mass is 10.5. The minimum atomic E-state index is -4.85. The summed E-state index contributed by atoms with van der Waals surface area (Å²) >= 11 is 0. The predicted molar refractivity (Wildman–Crippen MR) is 69.7 cm³/mol. The van der Waals surface area contributed by atoms with E-state index in [9.17, 15) is 21.8 Å². The number of quaternary nitrogens is 1. The van der Waals surface area contributed by atoms with Crippen molar-refractivity contribution in [3.63, 3.8) is 0 Å². The Morgan fingerprint density at radius 2 is 1.75 bits per heavy atom. The molecule has 0 radical (unpaired) electrons. The van der Waals surface area contributed by atoms with Gasteiger partial charge >= 0.3 is 10.4 Å². The first kappa shape index (κ1) is 19.9. The fourth-order valence-electron chi connectivity index (χ4n) is 1.14. The summed E-state index contributed by atoms with van der Waals surface area (Å²) in [6.45, 7) is 0.806. The molecule has 1 atom stereocenters. The van der Waals surface area contributed by atoms with Gasteiger partial charge in [0.1, 0.15) is 13.2 Å². The Labute approximate surface area is 119 Å². The van der Waals surface area contributed by atoms with Crippen LogP contribution >= 0.6 is 7.82 Å². The molecule has 0 bridgehead atoms. The van der Waals surface area contributed by atoms with Gasteiger partial charge in [0.15, 0.2) is 0 Å². The van der Waals surface area contributed by atoms with Gasteiger partial charge in [-0.3, -0.25) is 4.57 Å². The van der Waals surface area contributed by atoms with E-state index in [1.165, 1.54) is 6.92 Å². The molecule has 8 nitrogen and oxygen atoms in total. The monoisotopic (exact) mass is 336 g/mol. The largest absolute Gasteiger partial charge is 0.756 e. The number of hydrogen-bond donors (Lipinski definition) is 0. The first-order valence-corrected chi connectivity index (χ1v) is 8.78. The van der Waals surface area contributed by atoms with Crippen molar-refractivity contribution >= 4 is 18.2 Å². The summed E-state index contributed by atoms with van der Waals surface area (Å²) in [5.74, 6) is 0. The molecule has 0 amide bonds. The van der Waals surface area contributed by atoms with Crippen molar-refractivity contribution in [3.05, 3.63) is 0 Å². The van der Waals surface area contributed by atoms with Crippen LogP contribution < -0.4 is 4.89 Å². The van der Waals surface area contributed by atoms with E-state index in [0.717, 1.165) is 0 Å². The van der Waals surface area contributed by atoms with Gasteiger partial charge < -0.3 is 18.4 Å². The number of rotatable bonds is 10. The molecule has 11 heteroatoms. The van der Waals surface area contributed by atoms with E-state index in [1.54, 1.807) is 0 Å². The van der Waals surface area contributed by atoms with Gasteiger partial charge in [-0.15, -0.1) is 0 Å². The molecule has 0 N–H and O–H groups in total. The molecule has 0 aliphatic rings. The summed E-state index contributed by atoms with van der Waals surface area (Å²) in [6.07, 6.45) is 0. The van der Waals surface area contributed by atoms with Crippen molar-refractivity contribution in [2.24, 2.45) is 0 Å². The number of phosphoric ester groups is 1. The molecule has 0 aliphatic heterocycles. The van der Waals surface area contributed by atoms with Crippen LogP contribution in [-0.2, 0) is 24.0 Å². The third-order valence-electron chi connectivity index (χ3n) is 2.26. The maximum absolute atomic E-state index is 12.7. The second-order valence-electron chi connectivity index (χ2n) is 5.06. The fourth-order valence-corrected chi connectivity index (χ4v) is 2.43. The van der Waals surface area contributed by atoms with Gasteiger partial charge in [-0.25, -0.2) is 0 Å². The highest BCUT2D eigenvalue weighted by atomic mass is 32.3. The lowest BCUT2D eigenvalue weighted by Gasteiger charge is -2.27. The number of nitrogens with zero attached hydrogens (tertiary/aromatic N) is 2. The summed E-state index contributed by atoms with van der Waals surface area (Å²) in [7, 11) is -3.75. The van der Waals surface area contributed by atoms with Gasteiger partial charge in [-0.2, -0.15) is 12.7 Å². The second-order valence-corrected chi connectivity index (χ2v) is 7.81. The average Bonchev–Trinajstić information content (AvgIpc) is 2.20. The molecule has 0 spiro atoms. The molecule has 0 aromatic rings. The van der Waals surface area contributed by atoms with Gasteiger partial charge in [0.25, 0.3) is 7.82 Å². The molecule has 0 saturated heterocycles. The Balaban J connectivity index is 4.14. The summed E-state index contributed by atoms with van der Waals surface area (Å²) in [5, 5.41) is 0. The Morgan fingerprint density at radius 3 is 2.15 bits per heavy atom. The molecule has 0 aromatic carbocycles. The van der Waals surface area contributed by atoms with Gasteiger partial charge in [0.2, 0.25) is 0 Å². The molecule has 0 fully saturated rings. The van der Waals surface area contributed by atoms with Crippen molar-refractivity contribution in [2.45, 2.75) is 6.92 Å². The highest BCUT2D eigenvalue weighted by Gasteiger charge is 2.20. The summed E-state index contributed by atoms with van der Waals surface area (Å²) < 4.78 is 55.3. The molecule has 0 aromatic heterocycles. The zero-order valence-corrected chi connectivity index (χ0v) is 13.8. The van der Waals surface area contributed by atoms with Crippen LogP contribution in [0.4, 0.5) is 3.89 Å². The molecular weight excluding hydrogens is 314 g/mol. The molecule has 0 heterocycles. The molecule has 0 rings (SSSR count). The Bertz CT molecular complexity index is 438. The van der Waals surface area contributed by atoms with Crippen LogP contribution in [0, 0.1) is 0 Å². The summed E-state index contributed by atoms with van der Waals surface area (Å²) in [6, 6.07) is 0. The predicted octanol–water partition coefficient (Wildman–Crippen LogP) is -0.270. The number of halogens is 1. The van der Waals surface area contributed by atoms with E-state index in [2.05, 4.69) is 9.05 Å². The first-order valence-electron chi connectivity index (χ1n) is 5.98. The van der Waals surface area contributed by atoms with Crippen molar-refractivity contribution < 1.29 is 35.3 Å². The van der Waals surface area contributed by atoms with E-state index in [0.29, 0.717) is 15.3 Å². The number of phosphoric acid groups is 1. The van der Waals surface area contributed by atoms with Crippen molar-refractivity contribution in [1.82, 2.24) is 4.31 Å². The minimum Gasteiger partial charge on any atom is -0.756 e. The maximum Gasteiger partial charge on any atom is 0.374 e. The zero-order chi connectivity index (χ0) is 16.0. The molecular formula is C9H22FN2O6PS. The van der Waals surface area contributed by atoms with Gasteiger partial charge in [0, 0.05) is 13.1 Å². The third kappa shape index (κ3) is 9.76. The van der Waals surface area contributed by atoms with Crippen LogP contribution in [0.25, 0.3) is 0 Å². The van der Waals surface area contributed by atoms with Crippen LogP contribution in [0.2, 0.25) is 0 Å². The number of hydrogen-bond acceptors (Lipinski definition) is 6. The molecule has 122 valence electrons. The molecule has 0 saturated carbocycles. The Kier molecular flexibility index (Phi) is 7.75. The SMILES string of the molecule is CCN(CCOP(=O)([O-])OCC[N+](C)(C)C)S(=O)(=O)F. The van der Waals surface area contributed by atoms with Gasteiger partial charge in [-0.05, 0) is 0 Å². The highest BCUT2D eigenvalue weighted by molar-refractivity contribution is 7.83. The summed E-state index contributed by atoms with van der Waals surface area (Å²) in [5.41, 5.74) is 0. The van der Waals surface area contributed by atoms with E-state index in [1.807, 2.05) is 21.1 Å². The maximum atomic E-state index is 12.7. The standard InChI is InChI=1S/C9H22FN2O6PS/c1-5-11(20(10,15)16)6-8-17-19(13,14)18-9-7-12(2,3)4/h5-9H2,1-4H3.